The number of aliphatic hydroxyl groups excluding tert-OH is 1. The molecule has 0 spiro atoms. The van der Waals surface area contributed by atoms with Crippen molar-refractivity contribution in [1.82, 2.24) is 20.3 Å². The van der Waals surface area contributed by atoms with Crippen molar-refractivity contribution in [3.63, 3.8) is 0 Å². The highest BCUT2D eigenvalue weighted by atomic mass is 16.5. The van der Waals surface area contributed by atoms with Gasteiger partial charge in [0.2, 0.25) is 0 Å². The number of aryl methyl sites for hydroxylation is 2. The van der Waals surface area contributed by atoms with Crippen molar-refractivity contribution >= 4 is 29.3 Å². The molecule has 1 aromatic heterocycles. The lowest BCUT2D eigenvalue weighted by molar-refractivity contribution is 0.0368. The number of benzene rings is 1. The molecule has 0 saturated heterocycles. The zero-order valence-corrected chi connectivity index (χ0v) is 24.5. The Balaban J connectivity index is 1.60. The highest BCUT2D eigenvalue weighted by Gasteiger charge is 2.35. The Bertz CT molecular complexity index is 1220. The van der Waals surface area contributed by atoms with Gasteiger partial charge in [0.05, 0.1) is 30.4 Å². The number of anilines is 2. The SMILES string of the molecule is Cc1noc(C)c1NC(=O)Nc1cccc2c1O[C@@H](CN(C)C(=O)NC1CCCCC1)[C@H](C)CN([C@@H](C)CO)C2=O. The standard InChI is InChI=1S/C29H42N6O6/c1-17-14-35(18(2)16-36)27(37)22-12-9-13-23(31-28(38)32-25-19(3)33-41-20(25)4)26(22)40-24(17)15-34(5)29(39)30-21-10-7-6-8-11-21/h9,12-13,17-18,21,24,36H,6-8,10-11,14-16H2,1-5H3,(H,30,39)(H2,31,32,38)/t17-,18+,24+/m1/s1. The fourth-order valence-corrected chi connectivity index (χ4v) is 5.37. The minimum absolute atomic E-state index is 0.167. The maximum Gasteiger partial charge on any atom is 0.323 e. The number of carbonyl (C=O) groups is 3. The molecular weight excluding hydrogens is 528 g/mol. The predicted molar refractivity (Wildman–Crippen MR) is 154 cm³/mol. The Kier molecular flexibility index (Phi) is 9.74. The average molecular weight is 571 g/mol. The Morgan fingerprint density at radius 2 is 1.93 bits per heavy atom. The molecule has 12 heteroatoms. The molecule has 1 aliphatic carbocycles. The van der Waals surface area contributed by atoms with Crippen molar-refractivity contribution in [3.05, 3.63) is 35.2 Å². The lowest BCUT2D eigenvalue weighted by atomic mass is 9.96. The molecule has 1 saturated carbocycles. The lowest BCUT2D eigenvalue weighted by Gasteiger charge is -2.38. The summed E-state index contributed by atoms with van der Waals surface area (Å²) in [5.41, 5.74) is 1.54. The summed E-state index contributed by atoms with van der Waals surface area (Å²) in [5, 5.41) is 22.5. The number of hydrogen-bond acceptors (Lipinski definition) is 7. The molecular formula is C29H42N6O6. The first-order valence-corrected chi connectivity index (χ1v) is 14.3. The summed E-state index contributed by atoms with van der Waals surface area (Å²) in [6.45, 7) is 7.52. The highest BCUT2D eigenvalue weighted by molar-refractivity contribution is 6.04. The van der Waals surface area contributed by atoms with Gasteiger partial charge in [0, 0.05) is 25.6 Å². The molecule has 41 heavy (non-hydrogen) atoms. The Morgan fingerprint density at radius 3 is 2.59 bits per heavy atom. The average Bonchev–Trinajstić information content (AvgIpc) is 3.27. The number of urea groups is 2. The summed E-state index contributed by atoms with van der Waals surface area (Å²) in [7, 11) is 1.73. The van der Waals surface area contributed by atoms with E-state index in [4.69, 9.17) is 9.26 Å². The number of nitrogens with zero attached hydrogens (tertiary/aromatic N) is 3. The van der Waals surface area contributed by atoms with Gasteiger partial charge < -0.3 is 40.1 Å². The highest BCUT2D eigenvalue weighted by Crippen LogP contribution is 2.35. The summed E-state index contributed by atoms with van der Waals surface area (Å²) in [4.78, 5) is 43.0. The third kappa shape index (κ3) is 7.10. The van der Waals surface area contributed by atoms with Crippen molar-refractivity contribution in [3.8, 4) is 5.75 Å². The van der Waals surface area contributed by atoms with Crippen LogP contribution in [0.3, 0.4) is 0 Å². The minimum atomic E-state index is -0.555. The number of para-hydroxylation sites is 1. The van der Waals surface area contributed by atoms with E-state index >= 15 is 0 Å². The lowest BCUT2D eigenvalue weighted by Crippen LogP contribution is -2.52. The largest absolute Gasteiger partial charge is 0.485 e. The molecule has 0 bridgehead atoms. The van der Waals surface area contributed by atoms with Crippen molar-refractivity contribution in [2.75, 3.05) is 37.4 Å². The van der Waals surface area contributed by atoms with Crippen LogP contribution in [0.1, 0.15) is 67.8 Å². The predicted octanol–water partition coefficient (Wildman–Crippen LogP) is 4.13. The summed E-state index contributed by atoms with van der Waals surface area (Å²) >= 11 is 0. The number of likely N-dealkylation sites (N-methyl/N-ethyl adjacent to an activating group) is 1. The monoisotopic (exact) mass is 570 g/mol. The third-order valence-electron chi connectivity index (χ3n) is 7.94. The molecule has 3 atom stereocenters. The normalized spacial score (nSPS) is 20.2. The second-order valence-corrected chi connectivity index (χ2v) is 11.2. The molecule has 4 N–H and O–H groups in total. The van der Waals surface area contributed by atoms with Gasteiger partial charge in [-0.2, -0.15) is 0 Å². The van der Waals surface area contributed by atoms with Gasteiger partial charge in [-0.15, -0.1) is 0 Å². The first-order chi connectivity index (χ1) is 19.6. The Hall–Kier alpha value is -3.80. The molecule has 2 aromatic rings. The van der Waals surface area contributed by atoms with E-state index in [1.54, 1.807) is 55.8 Å². The van der Waals surface area contributed by atoms with E-state index < -0.39 is 18.2 Å². The molecule has 2 aliphatic rings. The molecule has 0 unspecified atom stereocenters. The fraction of sp³-hybridized carbons (Fsp3) is 0.586. The first kappa shape index (κ1) is 30.2. The number of ether oxygens (including phenoxy) is 1. The molecule has 2 heterocycles. The van der Waals surface area contributed by atoms with Crippen molar-refractivity contribution in [2.24, 2.45) is 5.92 Å². The summed E-state index contributed by atoms with van der Waals surface area (Å²) in [5.74, 6) is 0.156. The van der Waals surface area contributed by atoms with Crippen LogP contribution in [0.15, 0.2) is 22.7 Å². The van der Waals surface area contributed by atoms with E-state index in [0.717, 1.165) is 25.7 Å². The summed E-state index contributed by atoms with van der Waals surface area (Å²) < 4.78 is 11.6. The van der Waals surface area contributed by atoms with Gasteiger partial charge in [0.1, 0.15) is 17.5 Å². The van der Waals surface area contributed by atoms with E-state index in [2.05, 4.69) is 21.1 Å². The quantitative estimate of drug-likeness (QED) is 0.391. The zero-order chi connectivity index (χ0) is 29.7. The third-order valence-corrected chi connectivity index (χ3v) is 7.94. The van der Waals surface area contributed by atoms with E-state index in [1.807, 2.05) is 6.92 Å². The van der Waals surface area contributed by atoms with Gasteiger partial charge in [0.15, 0.2) is 11.5 Å². The number of hydrogen-bond donors (Lipinski definition) is 4. The molecule has 4 rings (SSSR count). The number of aliphatic hydroxyl groups is 1. The van der Waals surface area contributed by atoms with Crippen LogP contribution < -0.4 is 20.7 Å². The van der Waals surface area contributed by atoms with Crippen LogP contribution in [0.4, 0.5) is 21.0 Å². The summed E-state index contributed by atoms with van der Waals surface area (Å²) in [6.07, 6.45) is 4.87. The molecule has 1 aliphatic heterocycles. The number of aromatic nitrogens is 1. The van der Waals surface area contributed by atoms with Gasteiger partial charge >= 0.3 is 12.1 Å². The van der Waals surface area contributed by atoms with Gasteiger partial charge in [-0.05, 0) is 45.7 Å². The second-order valence-electron chi connectivity index (χ2n) is 11.2. The zero-order valence-electron chi connectivity index (χ0n) is 24.5. The van der Waals surface area contributed by atoms with Crippen LogP contribution in [-0.2, 0) is 0 Å². The molecule has 1 fully saturated rings. The molecule has 1 aromatic carbocycles. The second kappa shape index (κ2) is 13.2. The number of amides is 5. The Morgan fingerprint density at radius 1 is 1.20 bits per heavy atom. The number of rotatable bonds is 7. The van der Waals surface area contributed by atoms with Crippen molar-refractivity contribution < 1.29 is 28.8 Å². The van der Waals surface area contributed by atoms with E-state index in [1.165, 1.54) is 6.42 Å². The molecule has 0 radical (unpaired) electrons. The van der Waals surface area contributed by atoms with Gasteiger partial charge in [-0.25, -0.2) is 9.59 Å². The van der Waals surface area contributed by atoms with Gasteiger partial charge in [-0.3, -0.25) is 4.79 Å². The van der Waals surface area contributed by atoms with Crippen LogP contribution in [-0.4, -0.2) is 83.0 Å². The fourth-order valence-electron chi connectivity index (χ4n) is 5.37. The molecule has 224 valence electrons. The first-order valence-electron chi connectivity index (χ1n) is 14.3. The minimum Gasteiger partial charge on any atom is -0.485 e. The van der Waals surface area contributed by atoms with Crippen LogP contribution in [0.25, 0.3) is 0 Å². The molecule has 12 nitrogen and oxygen atoms in total. The molecule has 5 amide bonds. The van der Waals surface area contributed by atoms with Crippen LogP contribution in [0.2, 0.25) is 0 Å². The van der Waals surface area contributed by atoms with Gasteiger partial charge in [-0.1, -0.05) is 37.4 Å². The van der Waals surface area contributed by atoms with Gasteiger partial charge in [0.25, 0.3) is 5.91 Å². The summed E-state index contributed by atoms with van der Waals surface area (Å²) in [6, 6.07) is 3.96. The van der Waals surface area contributed by atoms with E-state index in [0.29, 0.717) is 29.4 Å². The van der Waals surface area contributed by atoms with Crippen molar-refractivity contribution in [2.45, 2.75) is 78.0 Å². The number of nitrogens with one attached hydrogen (secondary N) is 3. The van der Waals surface area contributed by atoms with E-state index in [9.17, 15) is 19.5 Å². The van der Waals surface area contributed by atoms with Crippen LogP contribution in [0, 0.1) is 19.8 Å². The maximum absolute atomic E-state index is 13.7. The van der Waals surface area contributed by atoms with Crippen molar-refractivity contribution in [1.29, 1.82) is 0 Å². The van der Waals surface area contributed by atoms with Crippen LogP contribution >= 0.6 is 0 Å². The maximum atomic E-state index is 13.7. The Labute approximate surface area is 240 Å². The smallest absolute Gasteiger partial charge is 0.323 e. The number of fused-ring (bicyclic) bond motifs is 1. The van der Waals surface area contributed by atoms with E-state index in [-0.39, 0.29) is 48.4 Å². The number of carbonyl (C=O) groups excluding carboxylic acids is 3. The topological polar surface area (TPSA) is 149 Å². The van der Waals surface area contributed by atoms with Crippen LogP contribution in [0.5, 0.6) is 5.75 Å².